The van der Waals surface area contributed by atoms with Gasteiger partial charge in [-0.3, -0.25) is 10.1 Å². The summed E-state index contributed by atoms with van der Waals surface area (Å²) >= 11 is 0. The first-order valence-electron chi connectivity index (χ1n) is 12.9. The van der Waals surface area contributed by atoms with Gasteiger partial charge in [0.15, 0.2) is 11.5 Å². The molecule has 204 valence electrons. The van der Waals surface area contributed by atoms with E-state index in [1.165, 1.54) is 6.08 Å². The maximum Gasteiger partial charge on any atom is 0.412 e. The van der Waals surface area contributed by atoms with Crippen LogP contribution in [0.1, 0.15) is 30.9 Å². The van der Waals surface area contributed by atoms with Gasteiger partial charge in [0.1, 0.15) is 11.9 Å². The highest BCUT2D eigenvalue weighted by Gasteiger charge is 2.21. The second kappa shape index (κ2) is 12.1. The Morgan fingerprint density at radius 1 is 0.950 bits per heavy atom. The van der Waals surface area contributed by atoms with Crippen molar-refractivity contribution < 1.29 is 28.9 Å². The first-order chi connectivity index (χ1) is 19.5. The number of benzene rings is 4. The van der Waals surface area contributed by atoms with Crippen LogP contribution in [0.2, 0.25) is 0 Å². The highest BCUT2D eigenvalue weighted by Crippen LogP contribution is 2.36. The van der Waals surface area contributed by atoms with Crippen LogP contribution in [0.5, 0.6) is 17.2 Å². The molecule has 0 aromatic heterocycles. The molecule has 40 heavy (non-hydrogen) atoms. The number of fused-ring (bicyclic) bond motifs is 2. The predicted molar refractivity (Wildman–Crippen MR) is 153 cm³/mol. The van der Waals surface area contributed by atoms with Crippen LogP contribution in [0.3, 0.4) is 0 Å². The minimum absolute atomic E-state index is 0.135. The maximum atomic E-state index is 12.9. The summed E-state index contributed by atoms with van der Waals surface area (Å²) < 4.78 is 16.6. The van der Waals surface area contributed by atoms with Gasteiger partial charge in [-0.1, -0.05) is 48.5 Å². The molecule has 9 nitrogen and oxygen atoms in total. The van der Waals surface area contributed by atoms with Crippen LogP contribution in [0.15, 0.2) is 91.0 Å². The highest BCUT2D eigenvalue weighted by molar-refractivity contribution is 6.01. The predicted octanol–water partition coefficient (Wildman–Crippen LogP) is 6.51. The van der Waals surface area contributed by atoms with E-state index in [2.05, 4.69) is 10.6 Å². The molecule has 0 fully saturated rings. The van der Waals surface area contributed by atoms with Gasteiger partial charge in [-0.25, -0.2) is 4.79 Å². The number of phenols is 1. The van der Waals surface area contributed by atoms with Gasteiger partial charge in [0.05, 0.1) is 11.4 Å². The number of aromatic hydroxyl groups is 1. The van der Waals surface area contributed by atoms with Crippen molar-refractivity contribution in [2.75, 3.05) is 23.2 Å². The molecule has 0 bridgehead atoms. The second-order valence-electron chi connectivity index (χ2n) is 9.22. The molecule has 1 atom stereocenters. The first kappa shape index (κ1) is 26.4. The first-order valence-corrected chi connectivity index (χ1v) is 12.9. The van der Waals surface area contributed by atoms with Gasteiger partial charge < -0.3 is 30.4 Å². The summed E-state index contributed by atoms with van der Waals surface area (Å²) in [6.07, 6.45) is 3.70. The quantitative estimate of drug-likeness (QED) is 0.108. The van der Waals surface area contributed by atoms with Crippen molar-refractivity contribution in [2.24, 2.45) is 0 Å². The van der Waals surface area contributed by atoms with Crippen molar-refractivity contribution in [3.05, 3.63) is 96.6 Å². The molecule has 1 heterocycles. The fourth-order valence-corrected chi connectivity index (χ4v) is 4.51. The number of nitrogen functional groups attached to an aromatic ring is 1. The molecule has 0 aliphatic carbocycles. The second-order valence-corrected chi connectivity index (χ2v) is 9.22. The van der Waals surface area contributed by atoms with Crippen LogP contribution in [0.4, 0.5) is 21.9 Å². The molecule has 1 aliphatic rings. The van der Waals surface area contributed by atoms with E-state index in [0.717, 1.165) is 10.9 Å². The average molecular weight is 540 g/mol. The Hall–Kier alpha value is -5.18. The third-order valence-corrected chi connectivity index (χ3v) is 6.47. The lowest BCUT2D eigenvalue weighted by atomic mass is 9.96. The zero-order valence-electron chi connectivity index (χ0n) is 21.6. The Bertz CT molecular complexity index is 1570. The van der Waals surface area contributed by atoms with Crippen LogP contribution in [0.25, 0.3) is 10.8 Å². The Labute approximate surface area is 231 Å². The molecule has 0 saturated heterocycles. The third-order valence-electron chi connectivity index (χ3n) is 6.47. The summed E-state index contributed by atoms with van der Waals surface area (Å²) in [5, 5.41) is 17.3. The van der Waals surface area contributed by atoms with Gasteiger partial charge in [-0.05, 0) is 61.1 Å². The van der Waals surface area contributed by atoms with E-state index in [4.69, 9.17) is 19.9 Å². The lowest BCUT2D eigenvalue weighted by Crippen LogP contribution is -2.18. The molecule has 0 radical (unpaired) electrons. The number of hydrogen-bond donors (Lipinski definition) is 4. The van der Waals surface area contributed by atoms with Gasteiger partial charge in [0.25, 0.3) is 0 Å². The fraction of sp³-hybridized carbons (Fsp3) is 0.161. The van der Waals surface area contributed by atoms with Gasteiger partial charge in [0, 0.05) is 22.7 Å². The topological polar surface area (TPSA) is 132 Å². The number of unbranched alkanes of at least 4 members (excludes halogenated alkanes) is 1. The van der Waals surface area contributed by atoms with E-state index in [1.54, 1.807) is 60.7 Å². The molecule has 1 aliphatic heterocycles. The largest absolute Gasteiger partial charge is 0.507 e. The van der Waals surface area contributed by atoms with Gasteiger partial charge >= 0.3 is 6.09 Å². The number of nitrogens with one attached hydrogen (secondary N) is 2. The van der Waals surface area contributed by atoms with Gasteiger partial charge in [-0.15, -0.1) is 0 Å². The molecule has 5 N–H and O–H groups in total. The molecule has 2 amide bonds. The SMILES string of the molecule is Nc1ccccc1NC(=O)/C=C/CCC[C@@H](OC(=O)Nc1ccc2c(c1)OCO2)c1ccc(O)c2ccccc12. The van der Waals surface area contributed by atoms with Crippen LogP contribution >= 0.6 is 0 Å². The zero-order valence-corrected chi connectivity index (χ0v) is 21.6. The van der Waals surface area contributed by atoms with Crippen molar-refractivity contribution in [2.45, 2.75) is 25.4 Å². The number of hydrogen-bond acceptors (Lipinski definition) is 7. The standard InChI is InChI=1S/C31H29N3O6/c32-24-10-6-7-11-25(24)34-30(36)13-3-1-2-12-27(23-15-16-26(35)22-9-5-4-8-21(22)23)40-31(37)33-20-14-17-28-29(18-20)39-19-38-28/h3-11,13-18,27,35H,1-2,12,19,32H2,(H,33,37)(H,34,36)/b13-3+/t27-/m1/s1. The Kier molecular flexibility index (Phi) is 8.01. The lowest BCUT2D eigenvalue weighted by molar-refractivity contribution is -0.111. The van der Waals surface area contributed by atoms with E-state index >= 15 is 0 Å². The molecular weight excluding hydrogens is 510 g/mol. The minimum Gasteiger partial charge on any atom is -0.507 e. The molecule has 4 aromatic carbocycles. The number of amides is 2. The number of carbonyl (C=O) groups excluding carboxylic acids is 2. The average Bonchev–Trinajstić information content (AvgIpc) is 3.42. The van der Waals surface area contributed by atoms with Crippen molar-refractivity contribution in [1.29, 1.82) is 0 Å². The molecule has 5 rings (SSSR count). The normalized spacial score (nSPS) is 12.8. The smallest absolute Gasteiger partial charge is 0.412 e. The molecule has 0 saturated carbocycles. The summed E-state index contributed by atoms with van der Waals surface area (Å²) in [6, 6.07) is 22.9. The Balaban J connectivity index is 1.26. The van der Waals surface area contributed by atoms with Crippen molar-refractivity contribution in [1.82, 2.24) is 0 Å². The van der Waals surface area contributed by atoms with Crippen LogP contribution < -0.4 is 25.8 Å². The number of para-hydroxylation sites is 2. The molecular formula is C31H29N3O6. The van der Waals surface area contributed by atoms with Crippen LogP contribution in [0, 0.1) is 0 Å². The number of anilines is 3. The van der Waals surface area contributed by atoms with Crippen molar-refractivity contribution >= 4 is 39.8 Å². The summed E-state index contributed by atoms with van der Waals surface area (Å²) in [5.74, 6) is 1.03. The summed E-state index contributed by atoms with van der Waals surface area (Å²) in [4.78, 5) is 25.2. The molecule has 9 heteroatoms. The Morgan fingerprint density at radius 2 is 1.73 bits per heavy atom. The number of allylic oxidation sites excluding steroid dienone is 1. The summed E-state index contributed by atoms with van der Waals surface area (Å²) in [7, 11) is 0. The minimum atomic E-state index is -0.628. The number of nitrogens with two attached hydrogens (primary N) is 1. The van der Waals surface area contributed by atoms with Gasteiger partial charge in [-0.2, -0.15) is 0 Å². The molecule has 0 spiro atoms. The number of phenolic OH excluding ortho intramolecular Hbond substituents is 1. The number of carbonyl (C=O) groups is 2. The summed E-state index contributed by atoms with van der Waals surface area (Å²) in [6.45, 7) is 0.135. The summed E-state index contributed by atoms with van der Waals surface area (Å²) in [5.41, 5.74) is 8.21. The van der Waals surface area contributed by atoms with Crippen molar-refractivity contribution in [3.8, 4) is 17.2 Å². The molecule has 4 aromatic rings. The Morgan fingerprint density at radius 3 is 2.58 bits per heavy atom. The zero-order chi connectivity index (χ0) is 27.9. The van der Waals surface area contributed by atoms with E-state index < -0.39 is 12.2 Å². The van der Waals surface area contributed by atoms with E-state index in [9.17, 15) is 14.7 Å². The van der Waals surface area contributed by atoms with Crippen LogP contribution in [-0.4, -0.2) is 23.9 Å². The highest BCUT2D eigenvalue weighted by atomic mass is 16.7. The van der Waals surface area contributed by atoms with Crippen LogP contribution in [-0.2, 0) is 9.53 Å². The monoisotopic (exact) mass is 539 g/mol. The number of rotatable bonds is 9. The third kappa shape index (κ3) is 6.27. The van der Waals surface area contributed by atoms with Crippen molar-refractivity contribution in [3.63, 3.8) is 0 Å². The van der Waals surface area contributed by atoms with E-state index in [0.29, 0.717) is 53.2 Å². The number of ether oxygens (including phenoxy) is 3. The van der Waals surface area contributed by atoms with E-state index in [1.807, 2.05) is 24.3 Å². The maximum absolute atomic E-state index is 12.9. The lowest BCUT2D eigenvalue weighted by Gasteiger charge is -2.21. The van der Waals surface area contributed by atoms with E-state index in [-0.39, 0.29) is 18.4 Å². The fourth-order valence-electron chi connectivity index (χ4n) is 4.51. The molecule has 0 unspecified atom stereocenters. The van der Waals surface area contributed by atoms with Gasteiger partial charge in [0.2, 0.25) is 12.7 Å².